The molecule has 1 aromatic rings. The molecular formula is C14H18F3NO. The van der Waals surface area contributed by atoms with Crippen LogP contribution in [-0.2, 0) is 0 Å². The monoisotopic (exact) mass is 273 g/mol. The Labute approximate surface area is 110 Å². The Morgan fingerprint density at radius 3 is 2.63 bits per heavy atom. The highest BCUT2D eigenvalue weighted by atomic mass is 19.4. The molecule has 0 spiro atoms. The number of aryl methyl sites for hydroxylation is 1. The van der Waals surface area contributed by atoms with Crippen LogP contribution in [0.2, 0.25) is 0 Å². The van der Waals surface area contributed by atoms with Crippen molar-refractivity contribution in [2.45, 2.75) is 44.0 Å². The quantitative estimate of drug-likeness (QED) is 0.884. The molecular weight excluding hydrogens is 255 g/mol. The second-order valence-electron chi connectivity index (χ2n) is 5.25. The molecule has 2 N–H and O–H groups in total. The smallest absolute Gasteiger partial charge is 0.382 e. The van der Waals surface area contributed by atoms with Gasteiger partial charge in [0.15, 0.2) is 6.10 Å². The zero-order chi connectivity index (χ0) is 14.0. The molecule has 2 nitrogen and oxygen atoms in total. The lowest BCUT2D eigenvalue weighted by molar-refractivity contribution is -0.202. The summed E-state index contributed by atoms with van der Waals surface area (Å²) in [4.78, 5) is 0. The molecule has 106 valence electrons. The Kier molecular flexibility index (Phi) is 4.16. The molecule has 19 heavy (non-hydrogen) atoms. The Hall–Kier alpha value is -1.07. The van der Waals surface area contributed by atoms with Crippen molar-refractivity contribution < 1.29 is 18.3 Å². The van der Waals surface area contributed by atoms with Gasteiger partial charge in [-0.25, -0.2) is 0 Å². The van der Waals surface area contributed by atoms with E-state index < -0.39 is 18.8 Å². The summed E-state index contributed by atoms with van der Waals surface area (Å²) >= 11 is 0. The van der Waals surface area contributed by atoms with Crippen LogP contribution >= 0.6 is 0 Å². The molecule has 0 amide bonds. The summed E-state index contributed by atoms with van der Waals surface area (Å²) in [5, 5.41) is 11.7. The molecule has 5 heteroatoms. The van der Waals surface area contributed by atoms with E-state index in [4.69, 9.17) is 5.11 Å². The van der Waals surface area contributed by atoms with Gasteiger partial charge in [0.05, 0.1) is 0 Å². The van der Waals surface area contributed by atoms with Crippen LogP contribution in [0.25, 0.3) is 0 Å². The van der Waals surface area contributed by atoms with Gasteiger partial charge in [0.1, 0.15) is 0 Å². The van der Waals surface area contributed by atoms with Crippen LogP contribution in [0.15, 0.2) is 24.3 Å². The lowest BCUT2D eigenvalue weighted by atomic mass is 9.75. The highest BCUT2D eigenvalue weighted by Crippen LogP contribution is 2.37. The van der Waals surface area contributed by atoms with Gasteiger partial charge in [-0.15, -0.1) is 0 Å². The molecule has 0 saturated heterocycles. The number of hydrogen-bond donors (Lipinski definition) is 2. The first kappa shape index (κ1) is 14.3. The molecule has 1 unspecified atom stereocenters. The first-order valence-corrected chi connectivity index (χ1v) is 6.41. The van der Waals surface area contributed by atoms with Crippen molar-refractivity contribution in [2.75, 3.05) is 6.54 Å². The molecule has 2 rings (SSSR count). The van der Waals surface area contributed by atoms with Crippen LogP contribution in [-0.4, -0.2) is 30.0 Å². The van der Waals surface area contributed by atoms with E-state index in [-0.39, 0.29) is 6.04 Å². The van der Waals surface area contributed by atoms with Crippen LogP contribution < -0.4 is 5.32 Å². The first-order valence-electron chi connectivity index (χ1n) is 6.41. The van der Waals surface area contributed by atoms with Gasteiger partial charge in [-0.3, -0.25) is 0 Å². The van der Waals surface area contributed by atoms with Crippen molar-refractivity contribution in [1.29, 1.82) is 0 Å². The van der Waals surface area contributed by atoms with Crippen molar-refractivity contribution >= 4 is 0 Å². The van der Waals surface area contributed by atoms with Gasteiger partial charge in [0, 0.05) is 12.6 Å². The fourth-order valence-electron chi connectivity index (χ4n) is 2.37. The van der Waals surface area contributed by atoms with Gasteiger partial charge < -0.3 is 10.4 Å². The van der Waals surface area contributed by atoms with Crippen LogP contribution in [0.1, 0.15) is 29.9 Å². The minimum Gasteiger partial charge on any atom is -0.382 e. The summed E-state index contributed by atoms with van der Waals surface area (Å²) in [6.07, 6.45) is -5.15. The Bertz CT molecular complexity index is 427. The van der Waals surface area contributed by atoms with Gasteiger partial charge in [-0.2, -0.15) is 13.2 Å². The Morgan fingerprint density at radius 1 is 1.37 bits per heavy atom. The predicted molar refractivity (Wildman–Crippen MR) is 67.0 cm³/mol. The van der Waals surface area contributed by atoms with Crippen molar-refractivity contribution in [3.05, 3.63) is 35.4 Å². The highest BCUT2D eigenvalue weighted by molar-refractivity contribution is 5.27. The van der Waals surface area contributed by atoms with E-state index in [1.807, 2.05) is 19.1 Å². The predicted octanol–water partition coefficient (Wildman–Crippen LogP) is 2.75. The third kappa shape index (κ3) is 3.70. The normalized spacial score (nSPS) is 24.9. The second kappa shape index (κ2) is 5.51. The maximum absolute atomic E-state index is 12.1. The molecule has 1 saturated carbocycles. The average Bonchev–Trinajstić information content (AvgIpc) is 2.25. The summed E-state index contributed by atoms with van der Waals surface area (Å²) in [6, 6.07) is 8.27. The molecule has 1 atom stereocenters. The first-order chi connectivity index (χ1) is 8.86. The van der Waals surface area contributed by atoms with Gasteiger partial charge >= 0.3 is 6.18 Å². The molecule has 0 bridgehead atoms. The third-order valence-electron chi connectivity index (χ3n) is 3.63. The van der Waals surface area contributed by atoms with Crippen LogP contribution in [0.4, 0.5) is 13.2 Å². The zero-order valence-corrected chi connectivity index (χ0v) is 10.7. The number of rotatable bonds is 4. The number of hydrogen-bond acceptors (Lipinski definition) is 2. The largest absolute Gasteiger partial charge is 0.415 e. The van der Waals surface area contributed by atoms with Crippen LogP contribution in [0.3, 0.4) is 0 Å². The van der Waals surface area contributed by atoms with E-state index in [2.05, 4.69) is 17.4 Å². The topological polar surface area (TPSA) is 32.3 Å². The number of halogens is 3. The lowest BCUT2D eigenvalue weighted by Crippen LogP contribution is -2.46. The highest BCUT2D eigenvalue weighted by Gasteiger charge is 2.39. The van der Waals surface area contributed by atoms with Crippen molar-refractivity contribution in [1.82, 2.24) is 5.32 Å². The van der Waals surface area contributed by atoms with Crippen molar-refractivity contribution in [3.63, 3.8) is 0 Å². The number of aliphatic hydroxyl groups is 1. The standard InChI is InChI=1S/C14H18F3NO/c1-9-3-2-4-10(5-9)11-6-12(7-11)18-8-13(19)14(15,16)17/h2-5,11-13,18-19H,6-8H2,1H3. The fraction of sp³-hybridized carbons (Fsp3) is 0.571. The molecule has 1 fully saturated rings. The maximum atomic E-state index is 12.1. The molecule has 0 aliphatic heterocycles. The average molecular weight is 273 g/mol. The fourth-order valence-corrected chi connectivity index (χ4v) is 2.37. The molecule has 1 aliphatic carbocycles. The van der Waals surface area contributed by atoms with Gasteiger partial charge in [-0.05, 0) is 31.2 Å². The van der Waals surface area contributed by atoms with Crippen molar-refractivity contribution in [3.8, 4) is 0 Å². The molecule has 0 aromatic heterocycles. The molecule has 1 aromatic carbocycles. The maximum Gasteiger partial charge on any atom is 0.415 e. The zero-order valence-electron chi connectivity index (χ0n) is 10.7. The number of benzene rings is 1. The minimum absolute atomic E-state index is 0.0718. The van der Waals surface area contributed by atoms with Crippen LogP contribution in [0.5, 0.6) is 0 Å². The summed E-state index contributed by atoms with van der Waals surface area (Å²) in [5.74, 6) is 0.417. The molecule has 0 heterocycles. The number of alkyl halides is 3. The third-order valence-corrected chi connectivity index (χ3v) is 3.63. The summed E-state index contributed by atoms with van der Waals surface area (Å²) in [5.41, 5.74) is 2.44. The van der Waals surface area contributed by atoms with Crippen LogP contribution in [0, 0.1) is 6.92 Å². The molecule has 1 aliphatic rings. The van der Waals surface area contributed by atoms with Gasteiger partial charge in [-0.1, -0.05) is 29.8 Å². The summed E-state index contributed by atoms with van der Waals surface area (Å²) in [7, 11) is 0. The van der Waals surface area contributed by atoms with E-state index in [0.29, 0.717) is 5.92 Å². The summed E-state index contributed by atoms with van der Waals surface area (Å²) < 4.78 is 36.4. The van der Waals surface area contributed by atoms with E-state index in [1.54, 1.807) is 0 Å². The number of nitrogens with one attached hydrogen (secondary N) is 1. The number of aliphatic hydroxyl groups excluding tert-OH is 1. The van der Waals surface area contributed by atoms with E-state index in [1.165, 1.54) is 11.1 Å². The second-order valence-corrected chi connectivity index (χ2v) is 5.25. The van der Waals surface area contributed by atoms with Gasteiger partial charge in [0.25, 0.3) is 0 Å². The van der Waals surface area contributed by atoms with E-state index in [9.17, 15) is 13.2 Å². The van der Waals surface area contributed by atoms with Gasteiger partial charge in [0.2, 0.25) is 0 Å². The van der Waals surface area contributed by atoms with E-state index in [0.717, 1.165) is 12.8 Å². The van der Waals surface area contributed by atoms with Crippen molar-refractivity contribution in [2.24, 2.45) is 0 Å². The Morgan fingerprint density at radius 2 is 2.05 bits per heavy atom. The van der Waals surface area contributed by atoms with E-state index >= 15 is 0 Å². The Balaban J connectivity index is 1.75. The lowest BCUT2D eigenvalue weighted by Gasteiger charge is -2.37. The minimum atomic E-state index is -4.54. The summed E-state index contributed by atoms with van der Waals surface area (Å²) in [6.45, 7) is 1.60. The SMILES string of the molecule is Cc1cccc(C2CC(NCC(O)C(F)(F)F)C2)c1. The molecule has 0 radical (unpaired) electrons.